The molecule has 0 spiro atoms. The van der Waals surface area contributed by atoms with Crippen LogP contribution in [0.25, 0.3) is 10.9 Å². The lowest BCUT2D eigenvalue weighted by molar-refractivity contribution is 0.599. The first-order chi connectivity index (χ1) is 13.0. The largest absolute Gasteiger partial charge is 0.366 e. The second-order valence-corrected chi connectivity index (χ2v) is 11.6. The number of nitrogens with zero attached hydrogens (tertiary/aromatic N) is 1. The maximum absolute atomic E-state index is 12.4. The summed E-state index contributed by atoms with van der Waals surface area (Å²) in [5.41, 5.74) is 3.70. The molecule has 0 atom stereocenters. The monoisotopic (exact) mass is 438 g/mol. The van der Waals surface area contributed by atoms with E-state index >= 15 is 0 Å². The molecule has 0 saturated carbocycles. The number of anilines is 1. The molecule has 3 aromatic rings. The van der Waals surface area contributed by atoms with Gasteiger partial charge in [-0.05, 0) is 36.4 Å². The van der Waals surface area contributed by atoms with Crippen LogP contribution in [0.15, 0.2) is 46.2 Å². The second-order valence-electron chi connectivity index (χ2n) is 7.12. The molecule has 2 heterocycles. The minimum Gasteiger partial charge on any atom is -0.366 e. The van der Waals surface area contributed by atoms with Crippen LogP contribution in [0.4, 0.5) is 5.69 Å². The Morgan fingerprint density at radius 1 is 1.00 bits per heavy atom. The number of H-pyrrole nitrogens is 1. The average molecular weight is 439 g/mol. The van der Waals surface area contributed by atoms with Gasteiger partial charge in [-0.25, -0.2) is 16.8 Å². The first-order valence-electron chi connectivity index (χ1n) is 8.62. The van der Waals surface area contributed by atoms with Crippen molar-refractivity contribution in [2.24, 2.45) is 0 Å². The summed E-state index contributed by atoms with van der Waals surface area (Å²) in [5, 5.41) is 1.65. The fourth-order valence-electron chi connectivity index (χ4n) is 3.68. The molecule has 0 bridgehead atoms. The van der Waals surface area contributed by atoms with E-state index in [1.54, 1.807) is 6.07 Å². The van der Waals surface area contributed by atoms with Crippen molar-refractivity contribution in [2.75, 3.05) is 24.0 Å². The highest BCUT2D eigenvalue weighted by atomic mass is 35.5. The molecular formula is C19H19ClN2O4S2. The zero-order valence-corrected chi connectivity index (χ0v) is 17.7. The molecule has 1 aromatic heterocycles. The highest BCUT2D eigenvalue weighted by Gasteiger charge is 2.26. The van der Waals surface area contributed by atoms with Crippen LogP contribution < -0.4 is 4.90 Å². The van der Waals surface area contributed by atoms with E-state index < -0.39 is 19.7 Å². The summed E-state index contributed by atoms with van der Waals surface area (Å²) in [4.78, 5) is 5.40. The van der Waals surface area contributed by atoms with Crippen LogP contribution in [0, 0.1) is 0 Å². The summed E-state index contributed by atoms with van der Waals surface area (Å²) < 4.78 is 48.5. The predicted molar refractivity (Wildman–Crippen MR) is 111 cm³/mol. The van der Waals surface area contributed by atoms with Crippen LogP contribution in [-0.2, 0) is 32.6 Å². The normalized spacial score (nSPS) is 15.0. The molecule has 148 valence electrons. The third-order valence-electron chi connectivity index (χ3n) is 5.04. The van der Waals surface area contributed by atoms with Gasteiger partial charge in [-0.15, -0.1) is 0 Å². The van der Waals surface area contributed by atoms with Crippen LogP contribution in [0.1, 0.15) is 11.3 Å². The topological polar surface area (TPSA) is 87.3 Å². The Labute approximate surface area is 169 Å². The van der Waals surface area contributed by atoms with Gasteiger partial charge in [0.05, 0.1) is 15.5 Å². The SMILES string of the molecule is CS(=O)(=O)c1ccc(N2CCc3[nH]c4ccc(Cl)cc4c3C2)c(S(C)(=O)=O)c1. The molecule has 0 fully saturated rings. The van der Waals surface area contributed by atoms with E-state index in [-0.39, 0.29) is 9.79 Å². The number of rotatable bonds is 3. The average Bonchev–Trinajstić information content (AvgIpc) is 2.97. The molecule has 9 heteroatoms. The van der Waals surface area contributed by atoms with E-state index in [4.69, 9.17) is 11.6 Å². The first kappa shape index (κ1) is 19.3. The van der Waals surface area contributed by atoms with E-state index in [2.05, 4.69) is 4.98 Å². The number of benzene rings is 2. The van der Waals surface area contributed by atoms with Crippen molar-refractivity contribution in [3.8, 4) is 0 Å². The second kappa shape index (κ2) is 6.50. The van der Waals surface area contributed by atoms with Gasteiger partial charge in [0.1, 0.15) is 0 Å². The number of nitrogens with one attached hydrogen (secondary N) is 1. The summed E-state index contributed by atoms with van der Waals surface area (Å²) in [6.07, 6.45) is 2.88. The number of hydrogen-bond donors (Lipinski definition) is 1. The number of sulfone groups is 2. The van der Waals surface area contributed by atoms with E-state index in [1.165, 1.54) is 12.1 Å². The molecule has 0 radical (unpaired) electrons. The third kappa shape index (κ3) is 3.40. The van der Waals surface area contributed by atoms with Gasteiger partial charge in [-0.3, -0.25) is 0 Å². The quantitative estimate of drug-likeness (QED) is 0.678. The number of aromatic nitrogens is 1. The molecule has 0 saturated heterocycles. The first-order valence-corrected chi connectivity index (χ1v) is 12.8. The fraction of sp³-hybridized carbons (Fsp3) is 0.263. The molecule has 0 aliphatic carbocycles. The third-order valence-corrected chi connectivity index (χ3v) is 7.51. The van der Waals surface area contributed by atoms with Crippen LogP contribution in [0.2, 0.25) is 5.02 Å². The van der Waals surface area contributed by atoms with Crippen molar-refractivity contribution in [2.45, 2.75) is 22.8 Å². The van der Waals surface area contributed by atoms with Gasteiger partial charge < -0.3 is 9.88 Å². The molecule has 1 aliphatic rings. The molecule has 0 unspecified atom stereocenters. The Morgan fingerprint density at radius 2 is 1.75 bits per heavy atom. The van der Waals surface area contributed by atoms with Crippen molar-refractivity contribution >= 4 is 47.9 Å². The Balaban J connectivity index is 1.83. The summed E-state index contributed by atoms with van der Waals surface area (Å²) in [7, 11) is -7.12. The standard InChI is InChI=1S/C19H19ClN2O4S2/c1-27(23,24)13-4-6-18(19(10-13)28(2,25)26)22-8-7-17-15(11-22)14-9-12(20)3-5-16(14)21-17/h3-6,9-10,21H,7-8,11H2,1-2H3. The van der Waals surface area contributed by atoms with E-state index in [9.17, 15) is 16.8 Å². The number of halogens is 1. The maximum atomic E-state index is 12.4. The minimum absolute atomic E-state index is 0.00625. The van der Waals surface area contributed by atoms with Gasteiger partial charge >= 0.3 is 0 Å². The van der Waals surface area contributed by atoms with Crippen LogP contribution in [0.5, 0.6) is 0 Å². The number of hydrogen-bond acceptors (Lipinski definition) is 5. The van der Waals surface area contributed by atoms with Crippen molar-refractivity contribution in [3.63, 3.8) is 0 Å². The Kier molecular flexibility index (Phi) is 4.48. The van der Waals surface area contributed by atoms with Gasteiger partial charge in [0.25, 0.3) is 0 Å². The number of fused-ring (bicyclic) bond motifs is 3. The zero-order chi connectivity index (χ0) is 20.3. The Bertz CT molecular complexity index is 1310. The summed E-state index contributed by atoms with van der Waals surface area (Å²) >= 11 is 6.15. The Hall–Kier alpha value is -2.03. The van der Waals surface area contributed by atoms with E-state index in [1.807, 2.05) is 23.1 Å². The highest BCUT2D eigenvalue weighted by Crippen LogP contribution is 2.35. The van der Waals surface area contributed by atoms with Crippen molar-refractivity contribution in [3.05, 3.63) is 52.7 Å². The molecule has 1 aliphatic heterocycles. The fourth-order valence-corrected chi connectivity index (χ4v) is 5.49. The molecule has 6 nitrogen and oxygen atoms in total. The van der Waals surface area contributed by atoms with E-state index in [0.717, 1.165) is 41.1 Å². The summed E-state index contributed by atoms with van der Waals surface area (Å²) in [6.45, 7) is 1.13. The lowest BCUT2D eigenvalue weighted by atomic mass is 10.0. The maximum Gasteiger partial charge on any atom is 0.177 e. The van der Waals surface area contributed by atoms with Crippen LogP contribution >= 0.6 is 11.6 Å². The van der Waals surface area contributed by atoms with Gasteiger partial charge in [0.15, 0.2) is 19.7 Å². The number of aromatic amines is 1. The predicted octanol–water partition coefficient (Wildman–Crippen LogP) is 3.19. The molecule has 4 rings (SSSR count). The van der Waals surface area contributed by atoms with Crippen LogP contribution in [-0.4, -0.2) is 40.9 Å². The summed E-state index contributed by atoms with van der Waals surface area (Å²) in [5.74, 6) is 0. The van der Waals surface area contributed by atoms with Gasteiger partial charge in [-0.2, -0.15) is 0 Å². The lowest BCUT2D eigenvalue weighted by Gasteiger charge is -2.30. The van der Waals surface area contributed by atoms with Crippen molar-refractivity contribution in [1.82, 2.24) is 4.98 Å². The Morgan fingerprint density at radius 3 is 2.43 bits per heavy atom. The van der Waals surface area contributed by atoms with Crippen LogP contribution in [0.3, 0.4) is 0 Å². The molecular weight excluding hydrogens is 420 g/mol. The molecule has 1 N–H and O–H groups in total. The minimum atomic E-state index is -3.61. The lowest BCUT2D eigenvalue weighted by Crippen LogP contribution is -2.31. The van der Waals surface area contributed by atoms with Crippen molar-refractivity contribution in [1.29, 1.82) is 0 Å². The van der Waals surface area contributed by atoms with Gasteiger partial charge in [0.2, 0.25) is 0 Å². The highest BCUT2D eigenvalue weighted by molar-refractivity contribution is 7.91. The smallest absolute Gasteiger partial charge is 0.177 e. The van der Waals surface area contributed by atoms with Crippen molar-refractivity contribution < 1.29 is 16.8 Å². The zero-order valence-electron chi connectivity index (χ0n) is 15.4. The van der Waals surface area contributed by atoms with Gasteiger partial charge in [-0.1, -0.05) is 11.6 Å². The molecule has 28 heavy (non-hydrogen) atoms. The summed E-state index contributed by atoms with van der Waals surface area (Å²) in [6, 6.07) is 9.96. The molecule has 0 amide bonds. The molecule has 2 aromatic carbocycles. The van der Waals surface area contributed by atoms with E-state index in [0.29, 0.717) is 23.8 Å². The van der Waals surface area contributed by atoms with Gasteiger partial charge in [0, 0.05) is 59.2 Å².